The largest absolute Gasteiger partial charge is 0.367 e. The lowest BCUT2D eigenvalue weighted by Crippen LogP contribution is -2.39. The Morgan fingerprint density at radius 1 is 0.964 bits per heavy atom. The van der Waals surface area contributed by atoms with Gasteiger partial charge in [0.25, 0.3) is 0 Å². The third-order valence-electron chi connectivity index (χ3n) is 4.31. The first-order chi connectivity index (χ1) is 13.4. The van der Waals surface area contributed by atoms with Gasteiger partial charge in [0.05, 0.1) is 5.69 Å². The van der Waals surface area contributed by atoms with Gasteiger partial charge in [-0.1, -0.05) is 59.6 Å². The summed E-state index contributed by atoms with van der Waals surface area (Å²) in [4.78, 5) is 0. The maximum absolute atomic E-state index is 5.93. The van der Waals surface area contributed by atoms with Crippen molar-refractivity contribution in [2.45, 2.75) is 19.4 Å². The van der Waals surface area contributed by atoms with Gasteiger partial charge in [0.1, 0.15) is 5.82 Å². The van der Waals surface area contributed by atoms with Crippen LogP contribution in [0.2, 0.25) is 10.0 Å². The van der Waals surface area contributed by atoms with Gasteiger partial charge in [-0.3, -0.25) is 5.10 Å². The Labute approximate surface area is 176 Å². The molecule has 0 atom stereocenters. The number of benzene rings is 2. The van der Waals surface area contributed by atoms with Crippen molar-refractivity contribution in [1.29, 1.82) is 0 Å². The molecule has 0 fully saturated rings. The van der Waals surface area contributed by atoms with E-state index in [1.807, 2.05) is 54.6 Å². The molecule has 0 saturated carbocycles. The minimum Gasteiger partial charge on any atom is -0.367 e. The summed E-state index contributed by atoms with van der Waals surface area (Å²) in [5, 5.41) is 15.7. The molecular formula is C22H24Cl2N4. The van der Waals surface area contributed by atoms with Crippen molar-refractivity contribution in [2.75, 3.05) is 18.4 Å². The highest BCUT2D eigenvalue weighted by Crippen LogP contribution is 2.21. The zero-order valence-corrected chi connectivity index (χ0v) is 17.5. The quantitative estimate of drug-likeness (QED) is 0.403. The van der Waals surface area contributed by atoms with Crippen molar-refractivity contribution in [2.24, 2.45) is 0 Å². The molecule has 0 spiro atoms. The fourth-order valence-electron chi connectivity index (χ4n) is 2.70. The van der Waals surface area contributed by atoms with Crippen molar-refractivity contribution < 1.29 is 0 Å². The third-order valence-corrected chi connectivity index (χ3v) is 4.81. The number of rotatable bonds is 8. The van der Waals surface area contributed by atoms with Gasteiger partial charge >= 0.3 is 0 Å². The number of aromatic nitrogens is 2. The second-order valence-electron chi connectivity index (χ2n) is 7.13. The van der Waals surface area contributed by atoms with E-state index in [4.69, 9.17) is 23.2 Å². The van der Waals surface area contributed by atoms with Gasteiger partial charge in [-0.05, 0) is 49.2 Å². The summed E-state index contributed by atoms with van der Waals surface area (Å²) in [6.07, 6.45) is 4.26. The fourth-order valence-corrected chi connectivity index (χ4v) is 2.95. The summed E-state index contributed by atoms with van der Waals surface area (Å²) in [7, 11) is 0. The summed E-state index contributed by atoms with van der Waals surface area (Å²) in [6, 6.07) is 17.5. The van der Waals surface area contributed by atoms with E-state index in [2.05, 4.69) is 46.8 Å². The molecule has 0 saturated heterocycles. The lowest BCUT2D eigenvalue weighted by molar-refractivity contribution is 0.487. The highest BCUT2D eigenvalue weighted by Gasteiger charge is 2.12. The number of nitrogens with one attached hydrogen (secondary N) is 3. The minimum atomic E-state index is -0.124. The lowest BCUT2D eigenvalue weighted by Gasteiger charge is -2.22. The first-order valence-electron chi connectivity index (χ1n) is 9.16. The van der Waals surface area contributed by atoms with Crippen LogP contribution in [-0.4, -0.2) is 28.8 Å². The summed E-state index contributed by atoms with van der Waals surface area (Å²) in [5.74, 6) is 0.821. The van der Waals surface area contributed by atoms with Crippen LogP contribution in [0.3, 0.4) is 0 Å². The molecule has 0 aliphatic rings. The van der Waals surface area contributed by atoms with Crippen molar-refractivity contribution in [3.05, 3.63) is 76.3 Å². The first kappa shape index (κ1) is 20.5. The zero-order valence-electron chi connectivity index (χ0n) is 16.0. The Morgan fingerprint density at radius 3 is 2.29 bits per heavy atom. The maximum atomic E-state index is 5.93. The highest BCUT2D eigenvalue weighted by atomic mass is 35.5. The summed E-state index contributed by atoms with van der Waals surface area (Å²) < 4.78 is 0. The number of hydrogen-bond donors (Lipinski definition) is 3. The van der Waals surface area contributed by atoms with Gasteiger partial charge < -0.3 is 10.6 Å². The fraction of sp³-hybridized carbons (Fsp3) is 0.227. The highest BCUT2D eigenvalue weighted by molar-refractivity contribution is 6.30. The predicted octanol–water partition coefficient (Wildman–Crippen LogP) is 5.88. The van der Waals surface area contributed by atoms with Gasteiger partial charge in [-0.15, -0.1) is 0 Å². The number of halogens is 2. The van der Waals surface area contributed by atoms with Gasteiger partial charge in [-0.25, -0.2) is 0 Å². The van der Waals surface area contributed by atoms with Gasteiger partial charge in [-0.2, -0.15) is 5.10 Å². The van der Waals surface area contributed by atoms with Crippen LogP contribution in [0.5, 0.6) is 0 Å². The number of aromatic amines is 1. The Morgan fingerprint density at radius 2 is 1.61 bits per heavy atom. The molecule has 3 aromatic rings. The predicted molar refractivity (Wildman–Crippen MR) is 120 cm³/mol. The second-order valence-corrected chi connectivity index (χ2v) is 8.01. The van der Waals surface area contributed by atoms with Crippen LogP contribution in [0.4, 0.5) is 5.82 Å². The molecule has 1 aromatic heterocycles. The molecule has 6 heteroatoms. The van der Waals surface area contributed by atoms with E-state index in [0.717, 1.165) is 45.8 Å². The molecule has 0 radical (unpaired) electrons. The number of nitrogens with zero attached hydrogens (tertiary/aromatic N) is 1. The molecule has 0 bridgehead atoms. The van der Waals surface area contributed by atoms with Crippen LogP contribution in [0.25, 0.3) is 17.3 Å². The number of hydrogen-bond acceptors (Lipinski definition) is 3. The van der Waals surface area contributed by atoms with E-state index >= 15 is 0 Å². The lowest BCUT2D eigenvalue weighted by atomic mass is 10.0. The molecule has 0 aliphatic carbocycles. The van der Waals surface area contributed by atoms with Crippen LogP contribution in [0.1, 0.15) is 19.4 Å². The average molecular weight is 415 g/mol. The zero-order chi connectivity index (χ0) is 20.0. The van der Waals surface area contributed by atoms with Gasteiger partial charge in [0, 0.05) is 34.7 Å². The van der Waals surface area contributed by atoms with Crippen LogP contribution < -0.4 is 10.6 Å². The average Bonchev–Trinajstić information content (AvgIpc) is 3.14. The summed E-state index contributed by atoms with van der Waals surface area (Å²) in [6.45, 7) is 5.86. The van der Waals surface area contributed by atoms with Gasteiger partial charge in [0.2, 0.25) is 0 Å². The topological polar surface area (TPSA) is 52.7 Å². The molecule has 0 amide bonds. The molecule has 0 aliphatic heterocycles. The molecule has 2 aromatic carbocycles. The van der Waals surface area contributed by atoms with Crippen molar-refractivity contribution in [1.82, 2.24) is 15.5 Å². The Balaban J connectivity index is 1.46. The Bertz CT molecular complexity index is 912. The Kier molecular flexibility index (Phi) is 6.79. The maximum Gasteiger partial charge on any atom is 0.148 e. The van der Waals surface area contributed by atoms with Gasteiger partial charge in [0.15, 0.2) is 0 Å². The van der Waals surface area contributed by atoms with E-state index in [1.165, 1.54) is 0 Å². The second kappa shape index (κ2) is 9.28. The van der Waals surface area contributed by atoms with Crippen molar-refractivity contribution in [3.63, 3.8) is 0 Å². The minimum absolute atomic E-state index is 0.124. The van der Waals surface area contributed by atoms with E-state index < -0.39 is 0 Å². The van der Waals surface area contributed by atoms with Crippen LogP contribution in [0, 0.1) is 0 Å². The Hall–Kier alpha value is -2.27. The standard InChI is InChI=1S/C22H24Cl2N4/c1-22(2,12-11-16-3-7-18(23)8-4-16)26-14-13-25-21-15-20(27-28-21)17-5-9-19(24)10-6-17/h3-12,15,26H,13-14H2,1-2H3,(H2,25,27,28)/b12-11+. The van der Waals surface area contributed by atoms with Crippen molar-refractivity contribution in [3.8, 4) is 11.3 Å². The molecule has 3 rings (SSSR count). The van der Waals surface area contributed by atoms with Crippen molar-refractivity contribution >= 4 is 35.1 Å². The normalized spacial score (nSPS) is 11.9. The number of anilines is 1. The molecule has 3 N–H and O–H groups in total. The molecule has 4 nitrogen and oxygen atoms in total. The van der Waals surface area contributed by atoms with Crippen LogP contribution in [0.15, 0.2) is 60.7 Å². The first-order valence-corrected chi connectivity index (χ1v) is 9.92. The molecule has 28 heavy (non-hydrogen) atoms. The van der Waals surface area contributed by atoms with Crippen LogP contribution >= 0.6 is 23.2 Å². The molecular weight excluding hydrogens is 391 g/mol. The molecule has 146 valence electrons. The SMILES string of the molecule is CC(C)(/C=C/c1ccc(Cl)cc1)NCCNc1cc(-c2ccc(Cl)cc2)[nH]n1. The smallest absolute Gasteiger partial charge is 0.148 e. The molecule has 0 unspecified atom stereocenters. The van der Waals surface area contributed by atoms with E-state index in [1.54, 1.807) is 0 Å². The van der Waals surface area contributed by atoms with E-state index in [0.29, 0.717) is 0 Å². The third kappa shape index (κ3) is 6.13. The van der Waals surface area contributed by atoms with E-state index in [-0.39, 0.29) is 5.54 Å². The van der Waals surface area contributed by atoms with E-state index in [9.17, 15) is 0 Å². The summed E-state index contributed by atoms with van der Waals surface area (Å²) >= 11 is 11.9. The summed E-state index contributed by atoms with van der Waals surface area (Å²) in [5.41, 5.74) is 3.01. The number of H-pyrrole nitrogens is 1. The van der Waals surface area contributed by atoms with Crippen LogP contribution in [-0.2, 0) is 0 Å². The molecule has 1 heterocycles. The monoisotopic (exact) mass is 414 g/mol.